The summed E-state index contributed by atoms with van der Waals surface area (Å²) in [7, 11) is -2.16. The van der Waals surface area contributed by atoms with Crippen molar-refractivity contribution in [3.63, 3.8) is 0 Å². The number of aliphatic hydroxyl groups is 1. The molecule has 2 aromatic rings. The fraction of sp³-hybridized carbons (Fsp3) is 0.417. The Morgan fingerprint density at radius 1 is 1.46 bits per heavy atom. The zero-order valence-corrected chi connectivity index (χ0v) is 12.8. The van der Waals surface area contributed by atoms with Crippen molar-refractivity contribution in [1.29, 1.82) is 0 Å². The Balaban J connectivity index is 2.67. The van der Waals surface area contributed by atoms with Crippen molar-refractivity contribution >= 4 is 12.6 Å². The summed E-state index contributed by atoms with van der Waals surface area (Å²) in [5.74, 6) is -2.34. The van der Waals surface area contributed by atoms with Crippen LogP contribution >= 0.6 is 0 Å². The van der Waals surface area contributed by atoms with Gasteiger partial charge in [-0.3, -0.25) is 4.57 Å². The molecule has 0 bridgehead atoms. The molecule has 12 heteroatoms. The number of hydrogen-bond donors (Lipinski definition) is 3. The highest BCUT2D eigenvalue weighted by Crippen LogP contribution is 2.15. The third kappa shape index (κ3) is 3.30. The van der Waals surface area contributed by atoms with Crippen molar-refractivity contribution < 1.29 is 28.7 Å². The second-order valence-electron chi connectivity index (χ2n) is 4.74. The lowest BCUT2D eigenvalue weighted by Gasteiger charge is -2.12. The van der Waals surface area contributed by atoms with Crippen LogP contribution in [0, 0.1) is 5.82 Å². The van der Waals surface area contributed by atoms with E-state index in [-0.39, 0.29) is 12.4 Å². The fourth-order valence-corrected chi connectivity index (χ4v) is 2.07. The van der Waals surface area contributed by atoms with Gasteiger partial charge in [-0.05, 0) is 13.0 Å². The molecular weight excluding hydrogens is 329 g/mol. The lowest BCUT2D eigenvalue weighted by Crippen LogP contribution is -2.35. The Bertz CT molecular complexity index is 792. The molecule has 0 amide bonds. The number of aliphatic hydroxyl groups excluding tert-OH is 1. The maximum Gasteiger partial charge on any atom is 0.494 e. The third-order valence-corrected chi connectivity index (χ3v) is 3.10. The molecule has 3 N–H and O–H groups in total. The van der Waals surface area contributed by atoms with Gasteiger partial charge < -0.3 is 19.9 Å². The molecule has 0 aliphatic carbocycles. The van der Waals surface area contributed by atoms with Gasteiger partial charge in [-0.2, -0.15) is 9.67 Å². The molecule has 0 aromatic carbocycles. The molecule has 0 saturated heterocycles. The van der Waals surface area contributed by atoms with Crippen LogP contribution in [0.2, 0.25) is 0 Å². The summed E-state index contributed by atoms with van der Waals surface area (Å²) in [4.78, 5) is 15.9. The molecule has 0 unspecified atom stereocenters. The molecule has 2 rings (SSSR count). The van der Waals surface area contributed by atoms with E-state index in [1.807, 2.05) is 0 Å². The number of alkyl halides is 1. The lowest BCUT2D eigenvalue weighted by molar-refractivity contribution is 0.0817. The summed E-state index contributed by atoms with van der Waals surface area (Å²) in [5.41, 5.74) is -1.28. The molecule has 1 atom stereocenters. The number of pyridine rings is 1. The quantitative estimate of drug-likeness (QED) is 0.543. The standard InChI is InChI=1S/C12H15BF2N4O5/c1-3-18-9(5-20)17-19(12(18)21)10-8(15)4-7(13(22)23)11(16-10)24-6(2)14/h4,6,20,22-23H,3,5H2,1-2H3/t6-/m0/s1. The van der Waals surface area contributed by atoms with E-state index in [0.29, 0.717) is 10.7 Å². The van der Waals surface area contributed by atoms with E-state index in [2.05, 4.69) is 14.8 Å². The van der Waals surface area contributed by atoms with Gasteiger partial charge in [0.15, 0.2) is 17.5 Å². The van der Waals surface area contributed by atoms with Crippen LogP contribution in [-0.4, -0.2) is 48.0 Å². The van der Waals surface area contributed by atoms with Crippen LogP contribution < -0.4 is 15.9 Å². The van der Waals surface area contributed by atoms with E-state index in [4.69, 9.17) is 0 Å². The van der Waals surface area contributed by atoms with Crippen LogP contribution in [0.4, 0.5) is 8.78 Å². The van der Waals surface area contributed by atoms with Gasteiger partial charge in [0.25, 0.3) is 0 Å². The molecule has 130 valence electrons. The summed E-state index contributed by atoms with van der Waals surface area (Å²) in [6.45, 7) is 2.26. The molecule has 2 heterocycles. The highest BCUT2D eigenvalue weighted by Gasteiger charge is 2.26. The molecule has 0 aliphatic heterocycles. The fourth-order valence-electron chi connectivity index (χ4n) is 2.07. The average molecular weight is 344 g/mol. The number of rotatable bonds is 6. The Kier molecular flexibility index (Phi) is 5.31. The van der Waals surface area contributed by atoms with Crippen molar-refractivity contribution in [2.75, 3.05) is 0 Å². The van der Waals surface area contributed by atoms with Crippen LogP contribution in [0.1, 0.15) is 19.7 Å². The number of halogens is 2. The van der Waals surface area contributed by atoms with E-state index in [1.165, 1.54) is 0 Å². The zero-order valence-electron chi connectivity index (χ0n) is 12.8. The topological polar surface area (TPSA) is 123 Å². The molecule has 9 nitrogen and oxygen atoms in total. The second-order valence-corrected chi connectivity index (χ2v) is 4.74. The molecule has 0 radical (unpaired) electrons. The van der Waals surface area contributed by atoms with Gasteiger partial charge in [0.05, 0.1) is 0 Å². The molecule has 0 saturated carbocycles. The third-order valence-electron chi connectivity index (χ3n) is 3.10. The van der Waals surface area contributed by atoms with Gasteiger partial charge in [-0.15, -0.1) is 5.10 Å². The van der Waals surface area contributed by atoms with Crippen molar-refractivity contribution in [3.8, 4) is 11.7 Å². The monoisotopic (exact) mass is 344 g/mol. The summed E-state index contributed by atoms with van der Waals surface area (Å²) in [6, 6.07) is 0.654. The highest BCUT2D eigenvalue weighted by atomic mass is 19.1. The van der Waals surface area contributed by atoms with Crippen molar-refractivity contribution in [2.45, 2.75) is 33.4 Å². The highest BCUT2D eigenvalue weighted by molar-refractivity contribution is 6.59. The van der Waals surface area contributed by atoms with E-state index >= 15 is 0 Å². The van der Waals surface area contributed by atoms with E-state index in [0.717, 1.165) is 11.5 Å². The summed E-state index contributed by atoms with van der Waals surface area (Å²) in [5, 5.41) is 31.4. The summed E-state index contributed by atoms with van der Waals surface area (Å²) in [6.07, 6.45) is -1.87. The smallest absolute Gasteiger partial charge is 0.444 e. The molecular formula is C12H15BF2N4O5. The molecule has 2 aromatic heterocycles. The minimum Gasteiger partial charge on any atom is -0.444 e. The Morgan fingerprint density at radius 2 is 2.12 bits per heavy atom. The van der Waals surface area contributed by atoms with Gasteiger partial charge in [0.2, 0.25) is 12.2 Å². The van der Waals surface area contributed by atoms with Gasteiger partial charge in [0, 0.05) is 18.9 Å². The largest absolute Gasteiger partial charge is 0.494 e. The first kappa shape index (κ1) is 18.0. The van der Waals surface area contributed by atoms with Crippen LogP contribution in [0.25, 0.3) is 5.82 Å². The normalized spacial score (nSPS) is 12.3. The van der Waals surface area contributed by atoms with Gasteiger partial charge in [-0.1, -0.05) is 0 Å². The number of hydrogen-bond acceptors (Lipinski definition) is 7. The maximum absolute atomic E-state index is 14.2. The minimum absolute atomic E-state index is 0.0173. The average Bonchev–Trinajstić information content (AvgIpc) is 2.83. The molecule has 0 spiro atoms. The molecule has 0 fully saturated rings. The number of nitrogens with zero attached hydrogens (tertiary/aromatic N) is 4. The maximum atomic E-state index is 14.2. The van der Waals surface area contributed by atoms with E-state index < -0.39 is 48.8 Å². The van der Waals surface area contributed by atoms with Crippen LogP contribution in [0.5, 0.6) is 5.88 Å². The van der Waals surface area contributed by atoms with E-state index in [9.17, 15) is 28.7 Å². The first-order valence-corrected chi connectivity index (χ1v) is 6.97. The summed E-state index contributed by atoms with van der Waals surface area (Å²) >= 11 is 0. The van der Waals surface area contributed by atoms with Gasteiger partial charge in [-0.25, -0.2) is 13.6 Å². The number of aromatic nitrogens is 4. The van der Waals surface area contributed by atoms with Crippen molar-refractivity contribution in [3.05, 3.63) is 28.2 Å². The predicted octanol–water partition coefficient (Wildman–Crippen LogP) is -1.55. The van der Waals surface area contributed by atoms with E-state index in [1.54, 1.807) is 6.92 Å². The van der Waals surface area contributed by atoms with Crippen LogP contribution in [-0.2, 0) is 13.2 Å². The minimum atomic E-state index is -2.16. The second kappa shape index (κ2) is 7.07. The lowest BCUT2D eigenvalue weighted by atomic mass is 9.81. The van der Waals surface area contributed by atoms with Crippen LogP contribution in [0.3, 0.4) is 0 Å². The molecule has 24 heavy (non-hydrogen) atoms. The SMILES string of the molecule is CCn1c(CO)nn(-c2nc(O[C@@H](C)F)c(B(O)O)cc2F)c1=O. The number of ether oxygens (including phenoxy) is 1. The Labute approximate surface area is 134 Å². The first-order valence-electron chi connectivity index (χ1n) is 6.97. The van der Waals surface area contributed by atoms with Crippen LogP contribution in [0.15, 0.2) is 10.9 Å². The van der Waals surface area contributed by atoms with Gasteiger partial charge in [0.1, 0.15) is 6.61 Å². The van der Waals surface area contributed by atoms with Crippen molar-refractivity contribution in [2.24, 2.45) is 0 Å². The zero-order chi connectivity index (χ0) is 18.0. The molecule has 0 aliphatic rings. The predicted molar refractivity (Wildman–Crippen MR) is 78.2 cm³/mol. The summed E-state index contributed by atoms with van der Waals surface area (Å²) < 4.78 is 33.7. The van der Waals surface area contributed by atoms with Crippen molar-refractivity contribution in [1.82, 2.24) is 19.3 Å². The first-order chi connectivity index (χ1) is 11.3. The Morgan fingerprint density at radius 3 is 2.58 bits per heavy atom. The Hall–Kier alpha value is -2.31. The van der Waals surface area contributed by atoms with Gasteiger partial charge >= 0.3 is 12.8 Å².